The fourth-order valence-electron chi connectivity index (χ4n) is 1.60. The van der Waals surface area contributed by atoms with Crippen molar-refractivity contribution in [1.82, 2.24) is 0 Å². The first-order valence-corrected chi connectivity index (χ1v) is 4.96. The van der Waals surface area contributed by atoms with Crippen LogP contribution >= 0.6 is 31.9 Å². The van der Waals surface area contributed by atoms with E-state index in [1.54, 1.807) is 0 Å². The number of aliphatic hydroxyl groups is 1. The molecule has 0 saturated heterocycles. The van der Waals surface area contributed by atoms with Crippen LogP contribution in [0.3, 0.4) is 0 Å². The van der Waals surface area contributed by atoms with Crippen LogP contribution in [0.15, 0.2) is 0 Å². The fourth-order valence-corrected chi connectivity index (χ4v) is 3.77. The molecule has 1 saturated carbocycles. The number of halogens is 2. The Bertz CT molecular complexity index is 138. The minimum Gasteiger partial charge on any atom is -0.393 e. The van der Waals surface area contributed by atoms with Crippen molar-refractivity contribution in [1.29, 1.82) is 0 Å². The van der Waals surface area contributed by atoms with Gasteiger partial charge in [0.2, 0.25) is 0 Å². The molecule has 1 rings (SSSR count). The van der Waals surface area contributed by atoms with Gasteiger partial charge in [-0.05, 0) is 12.3 Å². The molecule has 0 radical (unpaired) electrons. The fraction of sp³-hybridized carbons (Fsp3) is 1.00. The molecule has 1 aliphatic carbocycles. The summed E-state index contributed by atoms with van der Waals surface area (Å²) in [7, 11) is 0. The smallest absolute Gasteiger partial charge is 0.0918 e. The first-order chi connectivity index (χ1) is 4.32. The van der Waals surface area contributed by atoms with Gasteiger partial charge < -0.3 is 5.11 Å². The van der Waals surface area contributed by atoms with Crippen molar-refractivity contribution in [3.63, 3.8) is 0 Å². The Kier molecular flexibility index (Phi) is 1.99. The van der Waals surface area contributed by atoms with Crippen LogP contribution in [0.25, 0.3) is 0 Å². The summed E-state index contributed by atoms with van der Waals surface area (Å²) in [5.74, 6) is 0.319. The molecule has 1 fully saturated rings. The van der Waals surface area contributed by atoms with E-state index in [2.05, 4.69) is 45.7 Å². The normalized spacial score (nSPS) is 37.2. The Morgan fingerprint density at radius 2 is 1.70 bits per heavy atom. The topological polar surface area (TPSA) is 20.2 Å². The average Bonchev–Trinajstić information content (AvgIpc) is 1.97. The maximum Gasteiger partial charge on any atom is 0.0918 e. The van der Waals surface area contributed by atoms with Crippen LogP contribution in [0, 0.1) is 11.3 Å². The van der Waals surface area contributed by atoms with Crippen molar-refractivity contribution in [2.24, 2.45) is 11.3 Å². The first-order valence-electron chi connectivity index (χ1n) is 3.37. The molecule has 0 unspecified atom stereocenters. The second kappa shape index (κ2) is 2.20. The predicted molar refractivity (Wildman–Crippen MR) is 49.5 cm³/mol. The summed E-state index contributed by atoms with van der Waals surface area (Å²) >= 11 is 7.06. The predicted octanol–water partition coefficient (Wildman–Crippen LogP) is 2.51. The minimum atomic E-state index is -0.242. The standard InChI is InChI=1S/C7H12Br2O/c1-4(10)5-6(2,3)7(5,8)9/h4-5,10H,1-3H3/t4-,5+/m1/s1. The highest BCUT2D eigenvalue weighted by Crippen LogP contribution is 2.71. The Balaban J connectivity index is 2.72. The quantitative estimate of drug-likeness (QED) is 0.727. The maximum atomic E-state index is 9.30. The van der Waals surface area contributed by atoms with Gasteiger partial charge in [-0.3, -0.25) is 0 Å². The number of alkyl halides is 2. The highest BCUT2D eigenvalue weighted by molar-refractivity contribution is 9.25. The zero-order valence-electron chi connectivity index (χ0n) is 6.36. The van der Waals surface area contributed by atoms with Gasteiger partial charge in [0.25, 0.3) is 0 Å². The second-order valence-corrected chi connectivity index (χ2v) is 7.13. The number of hydrogen-bond donors (Lipinski definition) is 1. The summed E-state index contributed by atoms with van der Waals surface area (Å²) in [5.41, 5.74) is 0.168. The Labute approximate surface area is 78.5 Å². The van der Waals surface area contributed by atoms with Crippen molar-refractivity contribution in [2.45, 2.75) is 30.1 Å². The lowest BCUT2D eigenvalue weighted by atomic mass is 10.1. The maximum absolute atomic E-state index is 9.30. The van der Waals surface area contributed by atoms with Gasteiger partial charge in [0.15, 0.2) is 0 Å². The van der Waals surface area contributed by atoms with Gasteiger partial charge in [-0.2, -0.15) is 0 Å². The van der Waals surface area contributed by atoms with Crippen molar-refractivity contribution in [2.75, 3.05) is 0 Å². The van der Waals surface area contributed by atoms with Gasteiger partial charge >= 0.3 is 0 Å². The molecule has 0 aromatic rings. The molecule has 0 heterocycles. The molecule has 2 atom stereocenters. The summed E-state index contributed by atoms with van der Waals surface area (Å²) in [4.78, 5) is 0. The van der Waals surface area contributed by atoms with Gasteiger partial charge in [-0.25, -0.2) is 0 Å². The SMILES string of the molecule is C[C@@H](O)[C@H]1C(C)(C)C1(Br)Br. The molecule has 10 heavy (non-hydrogen) atoms. The number of aliphatic hydroxyl groups excluding tert-OH is 1. The minimum absolute atomic E-state index is 0.0405. The van der Waals surface area contributed by atoms with E-state index < -0.39 is 0 Å². The van der Waals surface area contributed by atoms with Crippen LogP contribution in [-0.2, 0) is 0 Å². The van der Waals surface area contributed by atoms with E-state index >= 15 is 0 Å². The van der Waals surface area contributed by atoms with Crippen LogP contribution in [0.1, 0.15) is 20.8 Å². The molecule has 0 bridgehead atoms. The van der Waals surface area contributed by atoms with E-state index in [-0.39, 0.29) is 14.8 Å². The molecular weight excluding hydrogens is 260 g/mol. The van der Waals surface area contributed by atoms with Crippen molar-refractivity contribution < 1.29 is 5.11 Å². The van der Waals surface area contributed by atoms with E-state index in [4.69, 9.17) is 0 Å². The van der Waals surface area contributed by atoms with Crippen molar-refractivity contribution >= 4 is 31.9 Å². The Morgan fingerprint density at radius 3 is 1.70 bits per heavy atom. The van der Waals surface area contributed by atoms with Gasteiger partial charge in [-0.1, -0.05) is 45.7 Å². The molecule has 60 valence electrons. The Morgan fingerprint density at radius 1 is 1.40 bits per heavy atom. The zero-order chi connectivity index (χ0) is 8.15. The average molecular weight is 272 g/mol. The molecule has 0 aliphatic heterocycles. The molecular formula is C7H12Br2O. The van der Waals surface area contributed by atoms with Gasteiger partial charge in [0.05, 0.1) is 9.34 Å². The van der Waals surface area contributed by atoms with Gasteiger partial charge in [-0.15, -0.1) is 0 Å². The summed E-state index contributed by atoms with van der Waals surface area (Å²) < 4.78 is -0.0405. The zero-order valence-corrected chi connectivity index (χ0v) is 9.53. The molecule has 0 amide bonds. The first kappa shape index (κ1) is 9.01. The largest absolute Gasteiger partial charge is 0.393 e. The van der Waals surface area contributed by atoms with Crippen LogP contribution in [0.5, 0.6) is 0 Å². The third-order valence-corrected chi connectivity index (χ3v) is 5.46. The van der Waals surface area contributed by atoms with E-state index in [1.165, 1.54) is 0 Å². The van der Waals surface area contributed by atoms with Crippen molar-refractivity contribution in [3.05, 3.63) is 0 Å². The van der Waals surface area contributed by atoms with E-state index in [9.17, 15) is 5.11 Å². The van der Waals surface area contributed by atoms with Crippen LogP contribution in [0.4, 0.5) is 0 Å². The third-order valence-electron chi connectivity index (χ3n) is 2.43. The van der Waals surface area contributed by atoms with E-state index in [0.717, 1.165) is 0 Å². The molecule has 3 heteroatoms. The van der Waals surface area contributed by atoms with Crippen LogP contribution < -0.4 is 0 Å². The van der Waals surface area contributed by atoms with E-state index in [1.807, 2.05) is 6.92 Å². The monoisotopic (exact) mass is 270 g/mol. The highest BCUT2D eigenvalue weighted by Gasteiger charge is 2.70. The molecule has 1 nitrogen and oxygen atoms in total. The lowest BCUT2D eigenvalue weighted by Gasteiger charge is -2.02. The molecule has 0 spiro atoms. The lowest BCUT2D eigenvalue weighted by molar-refractivity contribution is 0.156. The van der Waals surface area contributed by atoms with Crippen LogP contribution in [0.2, 0.25) is 0 Å². The summed E-state index contributed by atoms with van der Waals surface area (Å²) in [5, 5.41) is 9.30. The number of rotatable bonds is 1. The van der Waals surface area contributed by atoms with Crippen LogP contribution in [-0.4, -0.2) is 14.4 Å². The third kappa shape index (κ3) is 0.978. The van der Waals surface area contributed by atoms with Gasteiger partial charge in [0.1, 0.15) is 0 Å². The summed E-state index contributed by atoms with van der Waals surface area (Å²) in [6, 6.07) is 0. The summed E-state index contributed by atoms with van der Waals surface area (Å²) in [6.45, 7) is 6.10. The molecule has 1 aliphatic rings. The van der Waals surface area contributed by atoms with Gasteiger partial charge in [0, 0.05) is 5.92 Å². The van der Waals surface area contributed by atoms with Crippen molar-refractivity contribution in [3.8, 4) is 0 Å². The lowest BCUT2D eigenvalue weighted by Crippen LogP contribution is -2.08. The van der Waals surface area contributed by atoms with E-state index in [0.29, 0.717) is 5.92 Å². The second-order valence-electron chi connectivity index (χ2n) is 3.56. The summed E-state index contributed by atoms with van der Waals surface area (Å²) in [6.07, 6.45) is -0.242. The molecule has 0 aromatic heterocycles. The molecule has 0 aromatic carbocycles. The molecule has 1 N–H and O–H groups in total. The Hall–Kier alpha value is 0.920. The number of hydrogen-bond acceptors (Lipinski definition) is 1. The highest BCUT2D eigenvalue weighted by atomic mass is 79.9.